The summed E-state index contributed by atoms with van der Waals surface area (Å²) in [7, 11) is 0. The van der Waals surface area contributed by atoms with Crippen LogP contribution in [0.5, 0.6) is 5.75 Å². The number of thioether (sulfide) groups is 1. The molecular formula is C32H35N3O5S. The van der Waals surface area contributed by atoms with Gasteiger partial charge in [0.1, 0.15) is 11.8 Å². The molecule has 8 nitrogen and oxygen atoms in total. The van der Waals surface area contributed by atoms with E-state index in [4.69, 9.17) is 4.74 Å². The van der Waals surface area contributed by atoms with Crippen molar-refractivity contribution in [3.63, 3.8) is 0 Å². The summed E-state index contributed by atoms with van der Waals surface area (Å²) in [6, 6.07) is 12.5. The number of aliphatic hydroxyl groups is 1. The number of likely N-dealkylation sites (tertiary alicyclic amines) is 1. The number of hydrogen-bond acceptors (Lipinski definition) is 6. The molecule has 9 heteroatoms. The third-order valence-corrected chi connectivity index (χ3v) is 10.4. The second kappa shape index (κ2) is 10.7. The highest BCUT2D eigenvalue weighted by atomic mass is 32.2. The SMILES string of the molecule is CCOc1ccc(N2CC=C[C@@H]3S[C@]45C=CCN(c6c(C)cccc6C)C(=O)C4N(CCO)C(=O)[C@@H]5[C@@H]3C2=O)cc1. The number of hydrogen-bond donors (Lipinski definition) is 1. The summed E-state index contributed by atoms with van der Waals surface area (Å²) in [6.07, 6.45) is 8.00. The molecule has 4 aliphatic rings. The number of nitrogens with zero attached hydrogens (tertiary/aromatic N) is 3. The van der Waals surface area contributed by atoms with Crippen LogP contribution < -0.4 is 14.5 Å². The third-order valence-electron chi connectivity index (χ3n) is 8.67. The smallest absolute Gasteiger partial charge is 0.251 e. The molecule has 1 unspecified atom stereocenters. The van der Waals surface area contributed by atoms with Gasteiger partial charge in [0.25, 0.3) is 5.91 Å². The highest BCUT2D eigenvalue weighted by Crippen LogP contribution is 2.61. The molecule has 2 fully saturated rings. The Labute approximate surface area is 244 Å². The first-order valence-corrected chi connectivity index (χ1v) is 15.1. The molecule has 4 heterocycles. The van der Waals surface area contributed by atoms with Crippen LogP contribution in [0.4, 0.5) is 11.4 Å². The average molecular weight is 574 g/mol. The second-order valence-corrected chi connectivity index (χ2v) is 12.5. The Balaban J connectivity index is 1.41. The van der Waals surface area contributed by atoms with E-state index in [-0.39, 0.29) is 36.1 Å². The van der Waals surface area contributed by atoms with Gasteiger partial charge in [0, 0.05) is 36.3 Å². The van der Waals surface area contributed by atoms with E-state index in [1.54, 1.807) is 21.6 Å². The number of anilines is 2. The monoisotopic (exact) mass is 573 g/mol. The van der Waals surface area contributed by atoms with Gasteiger partial charge in [-0.1, -0.05) is 42.5 Å². The second-order valence-electron chi connectivity index (χ2n) is 11.0. The molecule has 0 aromatic heterocycles. The molecule has 0 saturated carbocycles. The van der Waals surface area contributed by atoms with Crippen molar-refractivity contribution >= 4 is 40.9 Å². The van der Waals surface area contributed by atoms with Crippen LogP contribution in [-0.2, 0) is 14.4 Å². The van der Waals surface area contributed by atoms with Crippen LogP contribution >= 0.6 is 11.8 Å². The van der Waals surface area contributed by atoms with Crippen LogP contribution in [0.1, 0.15) is 18.1 Å². The lowest BCUT2D eigenvalue weighted by atomic mass is 9.78. The van der Waals surface area contributed by atoms with E-state index in [0.29, 0.717) is 19.7 Å². The lowest BCUT2D eigenvalue weighted by Crippen LogP contribution is -2.54. The van der Waals surface area contributed by atoms with Gasteiger partial charge in [0.15, 0.2) is 0 Å². The molecule has 1 spiro atoms. The first kappa shape index (κ1) is 27.6. The number of aryl methyl sites for hydroxylation is 2. The maximum atomic E-state index is 14.5. The van der Waals surface area contributed by atoms with Gasteiger partial charge in [0.2, 0.25) is 11.8 Å². The van der Waals surface area contributed by atoms with Gasteiger partial charge in [-0.2, -0.15) is 0 Å². The van der Waals surface area contributed by atoms with Crippen molar-refractivity contribution in [1.82, 2.24) is 4.90 Å². The van der Waals surface area contributed by atoms with Crippen molar-refractivity contribution in [3.05, 3.63) is 77.9 Å². The minimum Gasteiger partial charge on any atom is -0.494 e. The van der Waals surface area contributed by atoms with E-state index in [1.165, 1.54) is 4.90 Å². The minimum atomic E-state index is -0.925. The molecule has 41 heavy (non-hydrogen) atoms. The summed E-state index contributed by atoms with van der Waals surface area (Å²) < 4.78 is 4.65. The predicted molar refractivity (Wildman–Crippen MR) is 160 cm³/mol. The zero-order chi connectivity index (χ0) is 28.9. The topological polar surface area (TPSA) is 90.4 Å². The first-order valence-electron chi connectivity index (χ1n) is 14.2. The van der Waals surface area contributed by atoms with E-state index in [9.17, 15) is 19.5 Å². The molecule has 0 radical (unpaired) electrons. The van der Waals surface area contributed by atoms with Crippen LogP contribution in [0.2, 0.25) is 0 Å². The van der Waals surface area contributed by atoms with E-state index in [0.717, 1.165) is 28.3 Å². The van der Waals surface area contributed by atoms with E-state index in [1.807, 2.05) is 87.5 Å². The molecule has 4 aliphatic heterocycles. The highest BCUT2D eigenvalue weighted by Gasteiger charge is 2.71. The minimum absolute atomic E-state index is 0.0342. The summed E-state index contributed by atoms with van der Waals surface area (Å²) in [5.41, 5.74) is 3.53. The maximum Gasteiger partial charge on any atom is 0.251 e. The number of ether oxygens (including phenoxy) is 1. The van der Waals surface area contributed by atoms with Gasteiger partial charge in [0.05, 0.1) is 29.8 Å². The summed E-state index contributed by atoms with van der Waals surface area (Å²) in [5, 5.41) is 9.71. The fourth-order valence-electron chi connectivity index (χ4n) is 7.04. The van der Waals surface area contributed by atoms with Crippen molar-refractivity contribution in [2.75, 3.05) is 42.6 Å². The lowest BCUT2D eigenvalue weighted by molar-refractivity contribution is -0.139. The number of carbonyl (C=O) groups is 3. The van der Waals surface area contributed by atoms with Crippen molar-refractivity contribution in [1.29, 1.82) is 0 Å². The van der Waals surface area contributed by atoms with E-state index in [2.05, 4.69) is 0 Å². The molecule has 0 aliphatic carbocycles. The Bertz CT molecular complexity index is 1420. The third kappa shape index (κ3) is 4.28. The molecule has 6 rings (SSSR count). The normalized spacial score (nSPS) is 28.9. The average Bonchev–Trinajstić information content (AvgIpc) is 3.26. The fraction of sp³-hybridized carbons (Fsp3) is 0.406. The molecule has 0 bridgehead atoms. The quantitative estimate of drug-likeness (QED) is 0.533. The number of aliphatic hydroxyl groups excluding tert-OH is 1. The van der Waals surface area contributed by atoms with Crippen molar-refractivity contribution < 1.29 is 24.2 Å². The van der Waals surface area contributed by atoms with Crippen molar-refractivity contribution in [2.45, 2.75) is 36.8 Å². The zero-order valence-corrected chi connectivity index (χ0v) is 24.3. The van der Waals surface area contributed by atoms with Gasteiger partial charge in [-0.3, -0.25) is 14.4 Å². The number of β-amino-alcohol motifs (C(OH)–C–C–N with tert-alkyl or cyclic N) is 1. The summed E-state index contributed by atoms with van der Waals surface area (Å²) in [4.78, 5) is 48.0. The van der Waals surface area contributed by atoms with Gasteiger partial charge in [-0.25, -0.2) is 0 Å². The number of benzene rings is 2. The Morgan fingerprint density at radius 1 is 0.951 bits per heavy atom. The Kier molecular flexibility index (Phi) is 7.20. The maximum absolute atomic E-state index is 14.5. The van der Waals surface area contributed by atoms with Crippen LogP contribution in [0.25, 0.3) is 0 Å². The number of rotatable bonds is 6. The Morgan fingerprint density at radius 2 is 1.66 bits per heavy atom. The molecular weight excluding hydrogens is 538 g/mol. The molecule has 214 valence electrons. The molecule has 2 aromatic carbocycles. The van der Waals surface area contributed by atoms with Crippen LogP contribution in [0.15, 0.2) is 66.8 Å². The Hall–Kier alpha value is -3.56. The molecule has 1 N–H and O–H groups in total. The fourth-order valence-corrected chi connectivity index (χ4v) is 9.04. The van der Waals surface area contributed by atoms with Crippen LogP contribution in [-0.4, -0.2) is 76.6 Å². The van der Waals surface area contributed by atoms with Crippen molar-refractivity contribution in [3.8, 4) is 5.75 Å². The number of fused-ring (bicyclic) bond motifs is 2. The van der Waals surface area contributed by atoms with Gasteiger partial charge in [-0.05, 0) is 56.2 Å². The standard InChI is InChI=1S/C32H35N3O5S/c1-4-40-23-13-11-22(12-14-23)33-16-6-10-24-25(29(33)37)26-30(38)35(18-19-36)28-31(39)34(17-7-15-32(26,28)41-24)27-20(2)8-5-9-21(27)3/h5-15,24-26,28,36H,4,16-19H2,1-3H3/t24-,25+,26-,28?,32-/m0/s1. The molecule has 2 aromatic rings. The predicted octanol–water partition coefficient (Wildman–Crippen LogP) is 3.50. The molecule has 5 atom stereocenters. The zero-order valence-electron chi connectivity index (χ0n) is 23.5. The van der Waals surface area contributed by atoms with Crippen LogP contribution in [0, 0.1) is 25.7 Å². The first-order chi connectivity index (χ1) is 19.8. The highest BCUT2D eigenvalue weighted by molar-refractivity contribution is 8.02. The van der Waals surface area contributed by atoms with Gasteiger partial charge < -0.3 is 24.5 Å². The summed E-state index contributed by atoms with van der Waals surface area (Å²) in [5.74, 6) is -1.21. The van der Waals surface area contributed by atoms with Gasteiger partial charge in [-0.15, -0.1) is 11.8 Å². The number of amides is 3. The Morgan fingerprint density at radius 3 is 2.34 bits per heavy atom. The largest absolute Gasteiger partial charge is 0.494 e. The summed E-state index contributed by atoms with van der Waals surface area (Å²) >= 11 is 1.54. The van der Waals surface area contributed by atoms with E-state index < -0.39 is 22.6 Å². The van der Waals surface area contributed by atoms with Crippen molar-refractivity contribution in [2.24, 2.45) is 11.8 Å². The molecule has 2 saturated heterocycles. The van der Waals surface area contributed by atoms with E-state index >= 15 is 0 Å². The van der Waals surface area contributed by atoms with Gasteiger partial charge >= 0.3 is 0 Å². The summed E-state index contributed by atoms with van der Waals surface area (Å²) in [6.45, 7) is 6.97. The lowest BCUT2D eigenvalue weighted by Gasteiger charge is -2.35. The number of carbonyl (C=O) groups excluding carboxylic acids is 3. The van der Waals surface area contributed by atoms with Crippen LogP contribution in [0.3, 0.4) is 0 Å². The number of para-hydroxylation sites is 1. The molecule has 3 amide bonds.